The van der Waals surface area contributed by atoms with Gasteiger partial charge in [-0.3, -0.25) is 9.78 Å². The molecule has 2 aromatic heterocycles. The van der Waals surface area contributed by atoms with E-state index < -0.39 is 0 Å². The Morgan fingerprint density at radius 2 is 2.20 bits per heavy atom. The summed E-state index contributed by atoms with van der Waals surface area (Å²) in [4.78, 5) is 20.1. The molecule has 1 aliphatic carbocycles. The number of anilines is 1. The zero-order valence-electron chi connectivity index (χ0n) is 11.6. The Hall–Kier alpha value is -2.24. The van der Waals surface area contributed by atoms with Crippen LogP contribution in [0.1, 0.15) is 41.9 Å². The number of carbonyl (C=O) groups excluding carboxylic acids is 1. The summed E-state index contributed by atoms with van der Waals surface area (Å²) < 4.78 is 1.90. The number of nitrogens with one attached hydrogen (secondary N) is 1. The second-order valence-electron chi connectivity index (χ2n) is 5.24. The van der Waals surface area contributed by atoms with Crippen molar-refractivity contribution in [1.29, 1.82) is 0 Å². The number of aryl methyl sites for hydroxylation is 1. The van der Waals surface area contributed by atoms with Crippen molar-refractivity contribution < 1.29 is 4.79 Å². The molecule has 1 fully saturated rings. The Morgan fingerprint density at radius 1 is 1.40 bits per heavy atom. The van der Waals surface area contributed by atoms with Crippen molar-refractivity contribution in [2.24, 2.45) is 5.92 Å². The SMILES string of the molecule is Cc1cnn(C(C)C2CC2)c1NC(=O)c1cnccn1. The van der Waals surface area contributed by atoms with Gasteiger partial charge in [-0.2, -0.15) is 5.10 Å². The molecule has 3 rings (SSSR count). The lowest BCUT2D eigenvalue weighted by Gasteiger charge is -2.16. The van der Waals surface area contributed by atoms with Crippen molar-refractivity contribution >= 4 is 11.7 Å². The number of nitrogens with zero attached hydrogens (tertiary/aromatic N) is 4. The van der Waals surface area contributed by atoms with E-state index >= 15 is 0 Å². The highest BCUT2D eigenvalue weighted by molar-refractivity contribution is 6.02. The summed E-state index contributed by atoms with van der Waals surface area (Å²) >= 11 is 0. The highest BCUT2D eigenvalue weighted by Crippen LogP contribution is 2.40. The van der Waals surface area contributed by atoms with Crippen molar-refractivity contribution in [2.75, 3.05) is 5.32 Å². The summed E-state index contributed by atoms with van der Waals surface area (Å²) in [5.74, 6) is 1.16. The maximum Gasteiger partial charge on any atom is 0.277 e. The summed E-state index contributed by atoms with van der Waals surface area (Å²) in [6, 6.07) is 0.306. The van der Waals surface area contributed by atoms with Crippen molar-refractivity contribution in [3.63, 3.8) is 0 Å². The highest BCUT2D eigenvalue weighted by Gasteiger charge is 2.31. The first-order valence-corrected chi connectivity index (χ1v) is 6.78. The van der Waals surface area contributed by atoms with E-state index in [9.17, 15) is 4.79 Å². The van der Waals surface area contributed by atoms with Gasteiger partial charge >= 0.3 is 0 Å². The van der Waals surface area contributed by atoms with Crippen LogP contribution in [0, 0.1) is 12.8 Å². The van der Waals surface area contributed by atoms with Gasteiger partial charge in [0.25, 0.3) is 5.91 Å². The van der Waals surface area contributed by atoms with Crippen LogP contribution >= 0.6 is 0 Å². The smallest absolute Gasteiger partial charge is 0.277 e. The molecule has 1 unspecified atom stereocenters. The summed E-state index contributed by atoms with van der Waals surface area (Å²) in [5, 5.41) is 7.29. The first kappa shape index (κ1) is 12.8. The molecule has 1 saturated carbocycles. The third kappa shape index (κ3) is 2.41. The van der Waals surface area contributed by atoms with Gasteiger partial charge in [-0.1, -0.05) is 0 Å². The molecule has 20 heavy (non-hydrogen) atoms. The van der Waals surface area contributed by atoms with Crippen LogP contribution in [0.3, 0.4) is 0 Å². The van der Waals surface area contributed by atoms with Crippen molar-refractivity contribution in [1.82, 2.24) is 19.7 Å². The van der Waals surface area contributed by atoms with Crippen molar-refractivity contribution in [2.45, 2.75) is 32.7 Å². The molecule has 0 bridgehead atoms. The Morgan fingerprint density at radius 3 is 2.85 bits per heavy atom. The molecule has 0 radical (unpaired) electrons. The molecule has 1 N–H and O–H groups in total. The lowest BCUT2D eigenvalue weighted by molar-refractivity contribution is 0.102. The van der Waals surface area contributed by atoms with E-state index in [-0.39, 0.29) is 5.91 Å². The molecule has 0 saturated heterocycles. The number of carbonyl (C=O) groups is 1. The van der Waals surface area contributed by atoms with E-state index in [0.717, 1.165) is 11.4 Å². The monoisotopic (exact) mass is 271 g/mol. The van der Waals surface area contributed by atoms with E-state index in [0.29, 0.717) is 17.7 Å². The van der Waals surface area contributed by atoms with E-state index in [1.807, 2.05) is 11.6 Å². The zero-order valence-corrected chi connectivity index (χ0v) is 11.6. The number of rotatable bonds is 4. The first-order valence-electron chi connectivity index (χ1n) is 6.78. The summed E-state index contributed by atoms with van der Waals surface area (Å²) in [7, 11) is 0. The maximum absolute atomic E-state index is 12.2. The average Bonchev–Trinajstić information content (AvgIpc) is 3.26. The molecule has 0 spiro atoms. The molecule has 104 valence electrons. The van der Waals surface area contributed by atoms with E-state index in [2.05, 4.69) is 27.3 Å². The van der Waals surface area contributed by atoms with E-state index in [4.69, 9.17) is 0 Å². The summed E-state index contributed by atoms with van der Waals surface area (Å²) in [5.41, 5.74) is 1.26. The Balaban J connectivity index is 1.83. The van der Waals surface area contributed by atoms with Gasteiger partial charge in [0.2, 0.25) is 0 Å². The molecule has 6 nitrogen and oxygen atoms in total. The van der Waals surface area contributed by atoms with E-state index in [1.54, 1.807) is 12.4 Å². The van der Waals surface area contributed by atoms with Crippen LogP contribution in [0.25, 0.3) is 0 Å². The normalized spacial score (nSPS) is 15.9. The number of hydrogen-bond donors (Lipinski definition) is 1. The third-order valence-corrected chi connectivity index (χ3v) is 3.70. The molecular weight excluding hydrogens is 254 g/mol. The first-order chi connectivity index (χ1) is 9.66. The molecule has 0 aromatic carbocycles. The largest absolute Gasteiger partial charge is 0.305 e. The maximum atomic E-state index is 12.2. The van der Waals surface area contributed by atoms with Crippen LogP contribution in [-0.2, 0) is 0 Å². The summed E-state index contributed by atoms with van der Waals surface area (Å²) in [6.45, 7) is 4.08. The molecular formula is C14H17N5O. The van der Waals surface area contributed by atoms with Crippen LogP contribution < -0.4 is 5.32 Å². The van der Waals surface area contributed by atoms with Gasteiger partial charge in [0.1, 0.15) is 11.5 Å². The van der Waals surface area contributed by atoms with Crippen molar-refractivity contribution in [3.05, 3.63) is 36.0 Å². The van der Waals surface area contributed by atoms with Crippen LogP contribution in [-0.4, -0.2) is 25.7 Å². The van der Waals surface area contributed by atoms with Crippen LogP contribution in [0.5, 0.6) is 0 Å². The molecule has 2 heterocycles. The standard InChI is InChI=1S/C14H17N5O/c1-9-7-17-19(10(2)11-3-4-11)13(9)18-14(20)12-8-15-5-6-16-12/h5-8,10-11H,3-4H2,1-2H3,(H,18,20). The fourth-order valence-corrected chi connectivity index (χ4v) is 2.28. The topological polar surface area (TPSA) is 72.7 Å². The number of amides is 1. The van der Waals surface area contributed by atoms with Gasteiger partial charge in [-0.15, -0.1) is 0 Å². The predicted octanol–water partition coefficient (Wildman–Crippen LogP) is 2.20. The Labute approximate surface area is 117 Å². The highest BCUT2D eigenvalue weighted by atomic mass is 16.2. The number of aromatic nitrogens is 4. The molecule has 0 aliphatic heterocycles. The fourth-order valence-electron chi connectivity index (χ4n) is 2.28. The van der Waals surface area contributed by atoms with Gasteiger partial charge in [0, 0.05) is 18.0 Å². The minimum Gasteiger partial charge on any atom is -0.305 e. The third-order valence-electron chi connectivity index (χ3n) is 3.70. The Kier molecular flexibility index (Phi) is 3.22. The molecule has 1 amide bonds. The van der Waals surface area contributed by atoms with Gasteiger partial charge < -0.3 is 5.32 Å². The fraction of sp³-hybridized carbons (Fsp3) is 0.429. The second-order valence-corrected chi connectivity index (χ2v) is 5.24. The van der Waals surface area contributed by atoms with Gasteiger partial charge in [-0.05, 0) is 32.6 Å². The Bertz CT molecular complexity index is 618. The second kappa shape index (κ2) is 5.03. The van der Waals surface area contributed by atoms with Crippen molar-refractivity contribution in [3.8, 4) is 0 Å². The molecule has 1 atom stereocenters. The van der Waals surface area contributed by atoms with Crippen LogP contribution in [0.2, 0.25) is 0 Å². The van der Waals surface area contributed by atoms with Crippen LogP contribution in [0.15, 0.2) is 24.8 Å². The molecule has 2 aromatic rings. The molecule has 6 heteroatoms. The average molecular weight is 271 g/mol. The minimum absolute atomic E-state index is 0.258. The minimum atomic E-state index is -0.258. The van der Waals surface area contributed by atoms with E-state index in [1.165, 1.54) is 25.2 Å². The lowest BCUT2D eigenvalue weighted by atomic mass is 10.2. The zero-order chi connectivity index (χ0) is 14.1. The summed E-state index contributed by atoms with van der Waals surface area (Å²) in [6.07, 6.45) is 8.75. The predicted molar refractivity (Wildman–Crippen MR) is 74.4 cm³/mol. The number of hydrogen-bond acceptors (Lipinski definition) is 4. The van der Waals surface area contributed by atoms with Crippen LogP contribution in [0.4, 0.5) is 5.82 Å². The quantitative estimate of drug-likeness (QED) is 0.925. The van der Waals surface area contributed by atoms with Gasteiger partial charge in [0.05, 0.1) is 18.4 Å². The molecule has 1 aliphatic rings. The van der Waals surface area contributed by atoms with Gasteiger partial charge in [-0.25, -0.2) is 9.67 Å². The lowest BCUT2D eigenvalue weighted by Crippen LogP contribution is -2.20. The van der Waals surface area contributed by atoms with Gasteiger partial charge in [0.15, 0.2) is 0 Å².